The molecule has 1 nitrogen and oxygen atoms in total. The van der Waals surface area contributed by atoms with Crippen molar-refractivity contribution >= 4 is 54.3 Å². The van der Waals surface area contributed by atoms with Crippen LogP contribution in [-0.2, 0) is 0 Å². The summed E-state index contributed by atoms with van der Waals surface area (Å²) < 4.78 is 6.50. The van der Waals surface area contributed by atoms with Gasteiger partial charge in [0.1, 0.15) is 11.2 Å². The smallest absolute Gasteiger partial charge is 0.143 e. The zero-order valence-electron chi connectivity index (χ0n) is 26.7. The van der Waals surface area contributed by atoms with E-state index >= 15 is 0 Å². The van der Waals surface area contributed by atoms with Crippen molar-refractivity contribution in [2.75, 3.05) is 0 Å². The van der Waals surface area contributed by atoms with Gasteiger partial charge in [-0.25, -0.2) is 0 Å². The van der Waals surface area contributed by atoms with Crippen molar-refractivity contribution in [3.8, 4) is 44.5 Å². The predicted molar refractivity (Wildman–Crippen MR) is 208 cm³/mol. The largest absolute Gasteiger partial charge is 0.455 e. The summed E-state index contributed by atoms with van der Waals surface area (Å²) in [5.41, 5.74) is 11.7. The van der Waals surface area contributed by atoms with Gasteiger partial charge < -0.3 is 4.42 Å². The van der Waals surface area contributed by atoms with E-state index in [0.29, 0.717) is 0 Å². The van der Waals surface area contributed by atoms with Crippen LogP contribution < -0.4 is 0 Å². The average Bonchev–Trinajstić information content (AvgIpc) is 3.56. The number of fused-ring (bicyclic) bond motifs is 7. The summed E-state index contributed by atoms with van der Waals surface area (Å²) in [6.07, 6.45) is 0. The van der Waals surface area contributed by atoms with Crippen LogP contribution in [0.4, 0.5) is 0 Å². The first-order chi connectivity index (χ1) is 24.3. The fourth-order valence-corrected chi connectivity index (χ4v) is 7.82. The van der Waals surface area contributed by atoms with Gasteiger partial charge in [0.25, 0.3) is 0 Å². The van der Waals surface area contributed by atoms with Crippen molar-refractivity contribution in [3.63, 3.8) is 0 Å². The van der Waals surface area contributed by atoms with Gasteiger partial charge in [-0.05, 0) is 89.6 Å². The monoisotopic (exact) mass is 622 g/mol. The van der Waals surface area contributed by atoms with Crippen molar-refractivity contribution in [1.29, 1.82) is 0 Å². The van der Waals surface area contributed by atoms with E-state index in [9.17, 15) is 0 Å². The number of furan rings is 1. The standard InChI is InChI=1S/C48H30O/c1-2-12-31(13-3-1)32-22-24-34(25-23-32)36-15-6-7-17-38(36)47-41-20-10-8-18-39(41)46(40-19-9-11-21-42(40)47)35-27-29-45-44(30-35)43-28-26-33-14-4-5-16-37(33)48(43)49-45/h1-30H. The van der Waals surface area contributed by atoms with Gasteiger partial charge in [-0.3, -0.25) is 0 Å². The van der Waals surface area contributed by atoms with Crippen LogP contribution in [0.1, 0.15) is 0 Å². The Hall–Kier alpha value is -6.44. The summed E-state index contributed by atoms with van der Waals surface area (Å²) in [6.45, 7) is 0. The Labute approximate surface area is 284 Å². The highest BCUT2D eigenvalue weighted by Crippen LogP contribution is 2.47. The molecule has 0 bridgehead atoms. The van der Waals surface area contributed by atoms with E-state index in [1.807, 2.05) is 0 Å². The van der Waals surface area contributed by atoms with E-state index in [-0.39, 0.29) is 0 Å². The molecule has 1 heterocycles. The highest BCUT2D eigenvalue weighted by Gasteiger charge is 2.20. The summed E-state index contributed by atoms with van der Waals surface area (Å²) in [5, 5.41) is 9.58. The van der Waals surface area contributed by atoms with Gasteiger partial charge in [0, 0.05) is 16.2 Å². The maximum Gasteiger partial charge on any atom is 0.143 e. The molecule has 0 radical (unpaired) electrons. The molecule has 0 saturated heterocycles. The van der Waals surface area contributed by atoms with Crippen molar-refractivity contribution < 1.29 is 4.42 Å². The van der Waals surface area contributed by atoms with Gasteiger partial charge in [-0.1, -0.05) is 164 Å². The van der Waals surface area contributed by atoms with E-state index in [0.717, 1.165) is 27.3 Å². The quantitative estimate of drug-likeness (QED) is 0.178. The molecule has 0 unspecified atom stereocenters. The maximum atomic E-state index is 6.50. The molecule has 0 aliphatic rings. The first-order valence-corrected chi connectivity index (χ1v) is 16.8. The summed E-state index contributed by atoms with van der Waals surface area (Å²) in [6, 6.07) is 65.8. The lowest BCUT2D eigenvalue weighted by Crippen LogP contribution is -1.92. The van der Waals surface area contributed by atoms with Gasteiger partial charge in [0.15, 0.2) is 0 Å². The molecule has 49 heavy (non-hydrogen) atoms. The lowest BCUT2D eigenvalue weighted by molar-refractivity contribution is 0.672. The third kappa shape index (κ3) is 4.40. The summed E-state index contributed by atoms with van der Waals surface area (Å²) >= 11 is 0. The van der Waals surface area contributed by atoms with Crippen molar-refractivity contribution in [1.82, 2.24) is 0 Å². The molecule has 1 aromatic heterocycles. The summed E-state index contributed by atoms with van der Waals surface area (Å²) in [5.74, 6) is 0. The van der Waals surface area contributed by atoms with Gasteiger partial charge in [-0.2, -0.15) is 0 Å². The third-order valence-corrected chi connectivity index (χ3v) is 10.1. The van der Waals surface area contributed by atoms with E-state index < -0.39 is 0 Å². The molecular formula is C48H30O. The number of rotatable bonds is 4. The molecule has 1 heteroatoms. The van der Waals surface area contributed by atoms with Crippen molar-refractivity contribution in [3.05, 3.63) is 182 Å². The first kappa shape index (κ1) is 27.7. The van der Waals surface area contributed by atoms with Crippen LogP contribution in [0.3, 0.4) is 0 Å². The fourth-order valence-electron chi connectivity index (χ4n) is 7.82. The second kappa shape index (κ2) is 11.1. The molecular weight excluding hydrogens is 593 g/mol. The topological polar surface area (TPSA) is 13.1 Å². The molecule has 0 fully saturated rings. The Balaban J connectivity index is 1.20. The highest BCUT2D eigenvalue weighted by atomic mass is 16.3. The lowest BCUT2D eigenvalue weighted by atomic mass is 9.83. The van der Waals surface area contributed by atoms with Gasteiger partial charge in [0.2, 0.25) is 0 Å². The molecule has 0 amide bonds. The van der Waals surface area contributed by atoms with E-state index in [2.05, 4.69) is 182 Å². The molecule has 0 aliphatic heterocycles. The highest BCUT2D eigenvalue weighted by molar-refractivity contribution is 6.23. The molecule has 10 aromatic rings. The zero-order chi connectivity index (χ0) is 32.3. The fraction of sp³-hybridized carbons (Fsp3) is 0. The number of hydrogen-bond donors (Lipinski definition) is 0. The zero-order valence-corrected chi connectivity index (χ0v) is 26.7. The maximum absolute atomic E-state index is 6.50. The molecule has 0 aliphatic carbocycles. The van der Waals surface area contributed by atoms with Crippen LogP contribution in [0, 0.1) is 0 Å². The second-order valence-electron chi connectivity index (χ2n) is 12.8. The van der Waals surface area contributed by atoms with E-state index in [1.54, 1.807) is 0 Å². The van der Waals surface area contributed by atoms with Crippen LogP contribution in [0.25, 0.3) is 98.8 Å². The van der Waals surface area contributed by atoms with Gasteiger partial charge in [-0.15, -0.1) is 0 Å². The summed E-state index contributed by atoms with van der Waals surface area (Å²) in [7, 11) is 0. The van der Waals surface area contributed by atoms with E-state index in [4.69, 9.17) is 4.42 Å². The van der Waals surface area contributed by atoms with Crippen LogP contribution >= 0.6 is 0 Å². The normalized spacial score (nSPS) is 11.7. The lowest BCUT2D eigenvalue weighted by Gasteiger charge is -2.20. The summed E-state index contributed by atoms with van der Waals surface area (Å²) in [4.78, 5) is 0. The van der Waals surface area contributed by atoms with Crippen LogP contribution in [0.2, 0.25) is 0 Å². The second-order valence-corrected chi connectivity index (χ2v) is 12.8. The Morgan fingerprint density at radius 1 is 0.286 bits per heavy atom. The molecule has 0 saturated carbocycles. The minimum atomic E-state index is 0.910. The molecule has 9 aromatic carbocycles. The SMILES string of the molecule is c1ccc(-c2ccc(-c3ccccc3-c3c4ccccc4c(-c4ccc5oc6c7ccccc7ccc6c5c4)c4ccccc34)cc2)cc1. The number of benzene rings is 9. The minimum Gasteiger partial charge on any atom is -0.455 e. The van der Waals surface area contributed by atoms with Crippen LogP contribution in [-0.4, -0.2) is 0 Å². The van der Waals surface area contributed by atoms with Crippen LogP contribution in [0.5, 0.6) is 0 Å². The Morgan fingerprint density at radius 3 is 1.53 bits per heavy atom. The molecule has 0 N–H and O–H groups in total. The molecule has 228 valence electrons. The Morgan fingerprint density at radius 2 is 0.816 bits per heavy atom. The first-order valence-electron chi connectivity index (χ1n) is 16.8. The molecule has 10 rings (SSSR count). The number of hydrogen-bond acceptors (Lipinski definition) is 1. The van der Waals surface area contributed by atoms with E-state index in [1.165, 1.54) is 71.4 Å². The average molecular weight is 623 g/mol. The van der Waals surface area contributed by atoms with Crippen LogP contribution in [0.15, 0.2) is 186 Å². The Kier molecular flexibility index (Phi) is 6.25. The third-order valence-electron chi connectivity index (χ3n) is 10.1. The van der Waals surface area contributed by atoms with Crippen molar-refractivity contribution in [2.45, 2.75) is 0 Å². The molecule has 0 atom stereocenters. The Bertz CT molecular complexity index is 2800. The molecule has 0 spiro atoms. The van der Waals surface area contributed by atoms with Crippen molar-refractivity contribution in [2.24, 2.45) is 0 Å². The minimum absolute atomic E-state index is 0.910. The van der Waals surface area contributed by atoms with Gasteiger partial charge in [0.05, 0.1) is 0 Å². The predicted octanol–water partition coefficient (Wildman–Crippen LogP) is 13.7. The van der Waals surface area contributed by atoms with Gasteiger partial charge >= 0.3 is 0 Å².